The Bertz CT molecular complexity index is 747. The third-order valence-electron chi connectivity index (χ3n) is 5.68. The van der Waals surface area contributed by atoms with Crippen molar-refractivity contribution in [3.05, 3.63) is 29.3 Å². The Hall–Kier alpha value is -1.30. The molecule has 1 aliphatic carbocycles. The molecule has 0 aromatic heterocycles. The molecule has 1 saturated heterocycles. The van der Waals surface area contributed by atoms with E-state index in [4.69, 9.17) is 27.9 Å². The monoisotopic (exact) mass is 412 g/mol. The lowest BCUT2D eigenvalue weighted by atomic mass is 10.1. The Morgan fingerprint density at radius 1 is 1.33 bits per heavy atom. The summed E-state index contributed by atoms with van der Waals surface area (Å²) in [6.07, 6.45) is 2.19. The number of aryl methyl sites for hydroxylation is 1. The molecule has 3 rings (SSSR count). The lowest BCUT2D eigenvalue weighted by Gasteiger charge is -2.28. The van der Waals surface area contributed by atoms with Gasteiger partial charge in [0.05, 0.1) is 18.1 Å². The molecule has 2 aliphatic rings. The van der Waals surface area contributed by atoms with Gasteiger partial charge >= 0.3 is 0 Å². The van der Waals surface area contributed by atoms with Crippen LogP contribution in [0.2, 0.25) is 0 Å². The predicted molar refractivity (Wildman–Crippen MR) is 107 cm³/mol. The Labute approximate surface area is 170 Å². The fourth-order valence-electron chi connectivity index (χ4n) is 3.48. The molecule has 0 radical (unpaired) electrons. The first-order valence-electron chi connectivity index (χ1n) is 9.29. The summed E-state index contributed by atoms with van der Waals surface area (Å²) in [5.74, 6) is -0.437. The fourth-order valence-corrected chi connectivity index (χ4v) is 4.18. The summed E-state index contributed by atoms with van der Waals surface area (Å²) in [6.45, 7) is 6.71. The van der Waals surface area contributed by atoms with Gasteiger partial charge in [0.1, 0.15) is 4.33 Å². The van der Waals surface area contributed by atoms with Crippen LogP contribution in [0.15, 0.2) is 18.2 Å². The molecule has 2 fully saturated rings. The van der Waals surface area contributed by atoms with E-state index in [0.717, 1.165) is 29.7 Å². The average molecular weight is 413 g/mol. The number of carbonyl (C=O) groups excluding carboxylic acids is 2. The van der Waals surface area contributed by atoms with E-state index in [-0.39, 0.29) is 24.5 Å². The van der Waals surface area contributed by atoms with Gasteiger partial charge < -0.3 is 15.0 Å². The van der Waals surface area contributed by atoms with Gasteiger partial charge in [-0.05, 0) is 57.2 Å². The Morgan fingerprint density at radius 3 is 2.63 bits per heavy atom. The van der Waals surface area contributed by atoms with Crippen LogP contribution >= 0.6 is 23.2 Å². The van der Waals surface area contributed by atoms with E-state index in [1.165, 1.54) is 0 Å². The first-order valence-corrected chi connectivity index (χ1v) is 10.0. The molecule has 148 valence electrons. The van der Waals surface area contributed by atoms with Crippen LogP contribution in [0.4, 0.5) is 5.69 Å². The third kappa shape index (κ3) is 4.25. The van der Waals surface area contributed by atoms with Crippen molar-refractivity contribution in [2.75, 3.05) is 25.0 Å². The minimum Gasteiger partial charge on any atom is -0.376 e. The fraction of sp³-hybridized carbons (Fsp3) is 0.600. The number of nitrogens with zero attached hydrogens (tertiary/aromatic N) is 1. The maximum atomic E-state index is 13.1. The van der Waals surface area contributed by atoms with Crippen LogP contribution in [0.25, 0.3) is 0 Å². The number of hydrogen-bond acceptors (Lipinski definition) is 3. The van der Waals surface area contributed by atoms with E-state index in [2.05, 4.69) is 5.32 Å². The molecule has 1 aromatic carbocycles. The first kappa shape index (κ1) is 20.4. The number of alkyl halides is 2. The number of amides is 2. The molecule has 2 atom stereocenters. The van der Waals surface area contributed by atoms with Gasteiger partial charge in [-0.1, -0.05) is 12.1 Å². The molecule has 5 nitrogen and oxygen atoms in total. The number of halogens is 2. The van der Waals surface area contributed by atoms with Crippen LogP contribution in [0, 0.1) is 19.3 Å². The molecule has 1 N–H and O–H groups in total. The van der Waals surface area contributed by atoms with E-state index >= 15 is 0 Å². The molecule has 0 spiro atoms. The van der Waals surface area contributed by atoms with Crippen molar-refractivity contribution < 1.29 is 14.3 Å². The number of nitrogens with one attached hydrogen (secondary N) is 1. The van der Waals surface area contributed by atoms with Gasteiger partial charge in [-0.15, -0.1) is 23.2 Å². The highest BCUT2D eigenvalue weighted by Gasteiger charge is 2.68. The van der Waals surface area contributed by atoms with Gasteiger partial charge in [0.25, 0.3) is 0 Å². The van der Waals surface area contributed by atoms with Crippen LogP contribution in [-0.4, -0.2) is 46.8 Å². The number of rotatable bonds is 6. The molecule has 1 heterocycles. The highest BCUT2D eigenvalue weighted by Crippen LogP contribution is 2.64. The van der Waals surface area contributed by atoms with E-state index in [0.29, 0.717) is 19.6 Å². The van der Waals surface area contributed by atoms with Crippen LogP contribution in [0.5, 0.6) is 0 Å². The van der Waals surface area contributed by atoms with Crippen molar-refractivity contribution in [1.82, 2.24) is 4.90 Å². The van der Waals surface area contributed by atoms with E-state index in [9.17, 15) is 9.59 Å². The smallest absolute Gasteiger partial charge is 0.244 e. The molecule has 1 saturated carbocycles. The average Bonchev–Trinajstić information content (AvgIpc) is 2.94. The Balaban J connectivity index is 1.71. The molecule has 7 heteroatoms. The molecular formula is C20H26Cl2N2O3. The number of hydrogen-bond donors (Lipinski definition) is 1. The van der Waals surface area contributed by atoms with Gasteiger partial charge in [0.2, 0.25) is 11.8 Å². The first-order chi connectivity index (χ1) is 12.6. The zero-order chi connectivity index (χ0) is 19.8. The van der Waals surface area contributed by atoms with Gasteiger partial charge in [0, 0.05) is 18.8 Å². The molecular weight excluding hydrogens is 387 g/mol. The number of benzene rings is 1. The van der Waals surface area contributed by atoms with E-state index in [1.54, 1.807) is 11.8 Å². The minimum atomic E-state index is -1.07. The van der Waals surface area contributed by atoms with Crippen molar-refractivity contribution in [3.8, 4) is 0 Å². The standard InChI is InChI=1S/C20H26Cl2N2O3/c1-13-6-4-8-16(14(13)2)23-17(25)11-24(10-15-7-5-9-27-15)18(26)19(3)12-20(19,21)22/h4,6,8,15H,5,7,9-12H2,1-3H3,(H,23,25)/t15-,19+/m1/s1. The van der Waals surface area contributed by atoms with Crippen molar-refractivity contribution in [2.24, 2.45) is 5.41 Å². The summed E-state index contributed by atoms with van der Waals surface area (Å²) in [5.41, 5.74) is 2.01. The zero-order valence-corrected chi connectivity index (χ0v) is 17.5. The number of carbonyl (C=O) groups is 2. The molecule has 27 heavy (non-hydrogen) atoms. The second-order valence-electron chi connectivity index (χ2n) is 7.83. The quantitative estimate of drug-likeness (QED) is 0.722. The minimum absolute atomic E-state index is 0.0501. The summed E-state index contributed by atoms with van der Waals surface area (Å²) < 4.78 is 4.59. The van der Waals surface area contributed by atoms with Crippen LogP contribution in [0.1, 0.15) is 37.3 Å². The second kappa shape index (κ2) is 7.61. The Morgan fingerprint density at radius 2 is 2.04 bits per heavy atom. The van der Waals surface area contributed by atoms with E-state index in [1.807, 2.05) is 32.0 Å². The van der Waals surface area contributed by atoms with Crippen LogP contribution in [-0.2, 0) is 14.3 Å². The third-order valence-corrected chi connectivity index (χ3v) is 6.78. The molecule has 0 unspecified atom stereocenters. The van der Waals surface area contributed by atoms with Crippen LogP contribution in [0.3, 0.4) is 0 Å². The number of anilines is 1. The second-order valence-corrected chi connectivity index (χ2v) is 9.31. The maximum absolute atomic E-state index is 13.1. The molecule has 1 aromatic rings. The maximum Gasteiger partial charge on any atom is 0.244 e. The van der Waals surface area contributed by atoms with Crippen molar-refractivity contribution in [1.29, 1.82) is 0 Å². The normalized spacial score (nSPS) is 25.9. The highest BCUT2D eigenvalue weighted by molar-refractivity contribution is 6.53. The predicted octanol–water partition coefficient (Wildman–Crippen LogP) is 3.83. The zero-order valence-electron chi connectivity index (χ0n) is 16.0. The van der Waals surface area contributed by atoms with Gasteiger partial charge in [-0.3, -0.25) is 9.59 Å². The van der Waals surface area contributed by atoms with Gasteiger partial charge in [-0.2, -0.15) is 0 Å². The lowest BCUT2D eigenvalue weighted by molar-refractivity contribution is -0.140. The summed E-state index contributed by atoms with van der Waals surface area (Å²) in [6, 6.07) is 5.75. The summed E-state index contributed by atoms with van der Waals surface area (Å²) in [7, 11) is 0. The van der Waals surface area contributed by atoms with Gasteiger partial charge in [-0.25, -0.2) is 0 Å². The van der Waals surface area contributed by atoms with Crippen molar-refractivity contribution in [3.63, 3.8) is 0 Å². The SMILES string of the molecule is Cc1cccc(NC(=O)CN(C[C@H]2CCCO2)C(=O)[C@]2(C)CC2(Cl)Cl)c1C. The molecule has 0 bridgehead atoms. The van der Waals surface area contributed by atoms with Crippen molar-refractivity contribution in [2.45, 2.75) is 50.5 Å². The summed E-state index contributed by atoms with van der Waals surface area (Å²) in [4.78, 5) is 27.3. The summed E-state index contributed by atoms with van der Waals surface area (Å²) >= 11 is 12.4. The van der Waals surface area contributed by atoms with Crippen LogP contribution < -0.4 is 5.32 Å². The van der Waals surface area contributed by atoms with E-state index < -0.39 is 9.75 Å². The summed E-state index contributed by atoms with van der Waals surface area (Å²) in [5, 5.41) is 2.91. The molecule has 2 amide bonds. The molecule has 1 aliphatic heterocycles. The lowest BCUT2D eigenvalue weighted by Crippen LogP contribution is -2.46. The largest absolute Gasteiger partial charge is 0.376 e. The van der Waals surface area contributed by atoms with Crippen molar-refractivity contribution >= 4 is 40.7 Å². The highest BCUT2D eigenvalue weighted by atomic mass is 35.5. The topological polar surface area (TPSA) is 58.6 Å². The number of ether oxygens (including phenoxy) is 1. The van der Waals surface area contributed by atoms with Gasteiger partial charge in [0.15, 0.2) is 0 Å². The Kier molecular flexibility index (Phi) is 5.76.